The predicted octanol–water partition coefficient (Wildman–Crippen LogP) is 2.45. The van der Waals surface area contributed by atoms with Gasteiger partial charge in [-0.15, -0.1) is 0 Å². The van der Waals surface area contributed by atoms with Gasteiger partial charge in [0.05, 0.1) is 6.10 Å². The fourth-order valence-electron chi connectivity index (χ4n) is 0.582. The molecule has 0 spiro atoms. The molecule has 1 heteroatoms. The molecule has 0 saturated heterocycles. The van der Waals surface area contributed by atoms with Crippen LogP contribution in [0.4, 0.5) is 0 Å². The summed E-state index contributed by atoms with van der Waals surface area (Å²) in [7, 11) is 0. The van der Waals surface area contributed by atoms with Gasteiger partial charge < -0.3 is 5.11 Å². The third-order valence-corrected chi connectivity index (χ3v) is 1.55. The van der Waals surface area contributed by atoms with E-state index in [1.165, 1.54) is 0 Å². The summed E-state index contributed by atoms with van der Waals surface area (Å²) in [5.41, 5.74) is 1.89. The fraction of sp³-hybridized carbons (Fsp3) is 0.400. The van der Waals surface area contributed by atoms with Crippen LogP contribution in [0, 0.1) is 0 Å². The monoisotopic (exact) mass is 152 g/mol. The topological polar surface area (TPSA) is 20.2 Å². The zero-order valence-electron chi connectivity index (χ0n) is 7.30. The molecule has 1 nitrogen and oxygen atoms in total. The van der Waals surface area contributed by atoms with Gasteiger partial charge in [-0.2, -0.15) is 0 Å². The maximum Gasteiger partial charge on any atom is 0.0779 e. The molecular weight excluding hydrogens is 136 g/mol. The molecule has 1 N–H and O–H groups in total. The van der Waals surface area contributed by atoms with Gasteiger partial charge in [0, 0.05) is 0 Å². The highest BCUT2D eigenvalue weighted by molar-refractivity contribution is 5.14. The highest BCUT2D eigenvalue weighted by Crippen LogP contribution is 2.05. The van der Waals surface area contributed by atoms with Gasteiger partial charge in [-0.1, -0.05) is 36.5 Å². The van der Waals surface area contributed by atoms with Crippen molar-refractivity contribution in [1.82, 2.24) is 0 Å². The molecule has 1 atom stereocenters. The number of allylic oxidation sites excluding steroid dienone is 2. The zero-order chi connectivity index (χ0) is 8.85. The van der Waals surface area contributed by atoms with Crippen LogP contribution in [-0.4, -0.2) is 11.2 Å². The summed E-state index contributed by atoms with van der Waals surface area (Å²) in [5.74, 6) is 0. The Morgan fingerprint density at radius 3 is 2.45 bits per heavy atom. The van der Waals surface area contributed by atoms with Crippen LogP contribution in [0.15, 0.2) is 36.5 Å². The molecular formula is C10H16O. The van der Waals surface area contributed by atoms with Gasteiger partial charge in [-0.05, 0) is 20.3 Å². The Morgan fingerprint density at radius 1 is 1.55 bits per heavy atom. The average molecular weight is 152 g/mol. The van der Waals surface area contributed by atoms with Gasteiger partial charge in [0.1, 0.15) is 0 Å². The van der Waals surface area contributed by atoms with Gasteiger partial charge in [0.2, 0.25) is 0 Å². The number of aliphatic hydroxyl groups excluding tert-OH is 1. The van der Waals surface area contributed by atoms with E-state index in [2.05, 4.69) is 13.2 Å². The maximum absolute atomic E-state index is 9.29. The maximum atomic E-state index is 9.29. The van der Waals surface area contributed by atoms with Crippen LogP contribution in [0.25, 0.3) is 0 Å². The summed E-state index contributed by atoms with van der Waals surface area (Å²) >= 11 is 0. The molecule has 1 unspecified atom stereocenters. The van der Waals surface area contributed by atoms with E-state index in [1.807, 2.05) is 19.9 Å². The van der Waals surface area contributed by atoms with Gasteiger partial charge in [0.15, 0.2) is 0 Å². The van der Waals surface area contributed by atoms with E-state index in [0.29, 0.717) is 6.42 Å². The lowest BCUT2D eigenvalue weighted by Crippen LogP contribution is -2.04. The van der Waals surface area contributed by atoms with Crippen LogP contribution in [0.1, 0.15) is 20.3 Å². The summed E-state index contributed by atoms with van der Waals surface area (Å²) in [6.07, 6.45) is 3.94. The Hall–Kier alpha value is -0.820. The van der Waals surface area contributed by atoms with E-state index < -0.39 is 6.10 Å². The molecule has 0 aromatic rings. The van der Waals surface area contributed by atoms with Gasteiger partial charge in [0.25, 0.3) is 0 Å². The minimum absolute atomic E-state index is 0.412. The number of hydrogen-bond acceptors (Lipinski definition) is 1. The summed E-state index contributed by atoms with van der Waals surface area (Å²) < 4.78 is 0. The third kappa shape index (κ3) is 4.57. The molecule has 0 aliphatic carbocycles. The molecule has 62 valence electrons. The fourth-order valence-corrected chi connectivity index (χ4v) is 0.582. The third-order valence-electron chi connectivity index (χ3n) is 1.55. The molecule has 0 aliphatic rings. The van der Waals surface area contributed by atoms with Crippen molar-refractivity contribution in [1.29, 1.82) is 0 Å². The second-order valence-electron chi connectivity index (χ2n) is 2.75. The number of aliphatic hydroxyl groups is 1. The van der Waals surface area contributed by atoms with E-state index in [1.54, 1.807) is 6.08 Å². The van der Waals surface area contributed by atoms with Gasteiger partial charge in [-0.3, -0.25) is 0 Å². The van der Waals surface area contributed by atoms with Crippen LogP contribution < -0.4 is 0 Å². The van der Waals surface area contributed by atoms with Gasteiger partial charge >= 0.3 is 0 Å². The summed E-state index contributed by atoms with van der Waals surface area (Å²) in [4.78, 5) is 0. The first kappa shape index (κ1) is 10.2. The Balaban J connectivity index is 3.87. The molecule has 0 aromatic carbocycles. The largest absolute Gasteiger partial charge is 0.388 e. The van der Waals surface area contributed by atoms with Crippen molar-refractivity contribution in [3.05, 3.63) is 36.5 Å². The van der Waals surface area contributed by atoms with Crippen molar-refractivity contribution < 1.29 is 5.11 Å². The summed E-state index contributed by atoms with van der Waals surface area (Å²) in [5, 5.41) is 9.29. The molecule has 0 aromatic heterocycles. The first-order valence-electron chi connectivity index (χ1n) is 3.70. The van der Waals surface area contributed by atoms with Crippen LogP contribution in [0.5, 0.6) is 0 Å². The molecule has 0 saturated carbocycles. The molecule has 0 radical (unpaired) electrons. The SMILES string of the molecule is C=C/C(C)=C/CC(O)C(=C)C. The van der Waals surface area contributed by atoms with E-state index in [0.717, 1.165) is 11.1 Å². The van der Waals surface area contributed by atoms with Crippen molar-refractivity contribution in [3.63, 3.8) is 0 Å². The second-order valence-corrected chi connectivity index (χ2v) is 2.75. The Kier molecular flexibility index (Phi) is 4.55. The second kappa shape index (κ2) is 4.91. The van der Waals surface area contributed by atoms with E-state index >= 15 is 0 Å². The normalized spacial score (nSPS) is 14.3. The van der Waals surface area contributed by atoms with Crippen LogP contribution in [0.3, 0.4) is 0 Å². The van der Waals surface area contributed by atoms with Crippen LogP contribution >= 0.6 is 0 Å². The quantitative estimate of drug-likeness (QED) is 0.484. The van der Waals surface area contributed by atoms with Crippen LogP contribution in [0.2, 0.25) is 0 Å². The molecule has 0 bridgehead atoms. The van der Waals surface area contributed by atoms with Crippen molar-refractivity contribution in [2.75, 3.05) is 0 Å². The van der Waals surface area contributed by atoms with Crippen molar-refractivity contribution in [2.45, 2.75) is 26.4 Å². The first-order chi connectivity index (χ1) is 5.07. The Labute approximate surface area is 68.7 Å². The molecule has 0 rings (SSSR count). The molecule has 11 heavy (non-hydrogen) atoms. The highest BCUT2D eigenvalue weighted by atomic mass is 16.3. The number of hydrogen-bond donors (Lipinski definition) is 1. The lowest BCUT2D eigenvalue weighted by molar-refractivity contribution is 0.215. The lowest BCUT2D eigenvalue weighted by Gasteiger charge is -2.06. The minimum Gasteiger partial charge on any atom is -0.388 e. The molecule has 0 heterocycles. The van der Waals surface area contributed by atoms with E-state index in [9.17, 15) is 5.11 Å². The van der Waals surface area contributed by atoms with Gasteiger partial charge in [-0.25, -0.2) is 0 Å². The smallest absolute Gasteiger partial charge is 0.0779 e. The number of rotatable bonds is 4. The van der Waals surface area contributed by atoms with Crippen LogP contribution in [-0.2, 0) is 0 Å². The van der Waals surface area contributed by atoms with Crippen molar-refractivity contribution in [2.24, 2.45) is 0 Å². The molecule has 0 aliphatic heterocycles. The van der Waals surface area contributed by atoms with Crippen molar-refractivity contribution in [3.8, 4) is 0 Å². The molecule has 0 amide bonds. The Bertz CT molecular complexity index is 177. The standard InChI is InChI=1S/C10H16O/c1-5-9(4)6-7-10(11)8(2)3/h5-6,10-11H,1-2,7H2,3-4H3/b9-6+. The van der Waals surface area contributed by atoms with Crippen molar-refractivity contribution >= 4 is 0 Å². The minimum atomic E-state index is -0.412. The first-order valence-corrected chi connectivity index (χ1v) is 3.70. The predicted molar refractivity (Wildman–Crippen MR) is 49.4 cm³/mol. The highest BCUT2D eigenvalue weighted by Gasteiger charge is 2.00. The Morgan fingerprint density at radius 2 is 2.09 bits per heavy atom. The zero-order valence-corrected chi connectivity index (χ0v) is 7.30. The van der Waals surface area contributed by atoms with E-state index in [4.69, 9.17) is 0 Å². The van der Waals surface area contributed by atoms with E-state index in [-0.39, 0.29) is 0 Å². The lowest BCUT2D eigenvalue weighted by atomic mass is 10.1. The molecule has 0 fully saturated rings. The summed E-state index contributed by atoms with van der Waals surface area (Å²) in [6, 6.07) is 0. The average Bonchev–Trinajstić information content (AvgIpc) is 1.99. The summed E-state index contributed by atoms with van der Waals surface area (Å²) in [6.45, 7) is 11.0.